The molecule has 21 heavy (non-hydrogen) atoms. The Morgan fingerprint density at radius 1 is 1.24 bits per heavy atom. The second-order valence-corrected chi connectivity index (χ2v) is 7.92. The van der Waals surface area contributed by atoms with E-state index in [4.69, 9.17) is 23.2 Å². The molecule has 3 rings (SSSR count). The van der Waals surface area contributed by atoms with Crippen LogP contribution in [0.5, 0.6) is 0 Å². The molecule has 1 aromatic heterocycles. The Morgan fingerprint density at radius 2 is 1.95 bits per heavy atom. The van der Waals surface area contributed by atoms with Gasteiger partial charge in [0, 0.05) is 32.2 Å². The van der Waals surface area contributed by atoms with Gasteiger partial charge in [-0.05, 0) is 25.3 Å². The quantitative estimate of drug-likeness (QED) is 0.893. The van der Waals surface area contributed by atoms with Gasteiger partial charge in [-0.25, -0.2) is 0 Å². The van der Waals surface area contributed by atoms with E-state index in [2.05, 4.69) is 4.90 Å². The number of amides is 1. The van der Waals surface area contributed by atoms with Gasteiger partial charge >= 0.3 is 0 Å². The van der Waals surface area contributed by atoms with E-state index in [1.807, 2.05) is 4.90 Å². The van der Waals surface area contributed by atoms with Crippen LogP contribution in [0.2, 0.25) is 8.67 Å². The zero-order valence-corrected chi connectivity index (χ0v) is 13.9. The number of halogens is 2. The predicted octanol–water partition coefficient (Wildman–Crippen LogP) is 2.73. The van der Waals surface area contributed by atoms with E-state index in [0.29, 0.717) is 27.3 Å². The maximum Gasteiger partial charge on any atom is 0.256 e. The Kier molecular flexibility index (Phi) is 4.76. The summed E-state index contributed by atoms with van der Waals surface area (Å²) in [6.07, 6.45) is 2.83. The lowest BCUT2D eigenvalue weighted by molar-refractivity contribution is 0.0316. The molecule has 1 N–H and O–H groups in total. The molecule has 1 aromatic rings. The van der Waals surface area contributed by atoms with Gasteiger partial charge < -0.3 is 10.0 Å². The van der Waals surface area contributed by atoms with Gasteiger partial charge in [0.2, 0.25) is 0 Å². The number of piperazine rings is 1. The summed E-state index contributed by atoms with van der Waals surface area (Å²) in [6.45, 7) is 2.96. The smallest absolute Gasteiger partial charge is 0.256 e. The number of nitrogens with zero attached hydrogens (tertiary/aromatic N) is 2. The Bertz CT molecular complexity index is 529. The summed E-state index contributed by atoms with van der Waals surface area (Å²) in [5, 5.41) is 9.98. The normalized spacial score (nSPS) is 27.3. The van der Waals surface area contributed by atoms with Gasteiger partial charge in [0.25, 0.3) is 5.91 Å². The lowest BCUT2D eigenvalue weighted by atomic mass is 10.1. The summed E-state index contributed by atoms with van der Waals surface area (Å²) < 4.78 is 0.995. The van der Waals surface area contributed by atoms with Crippen LogP contribution in [0.3, 0.4) is 0 Å². The van der Waals surface area contributed by atoms with Crippen molar-refractivity contribution in [3.05, 3.63) is 20.3 Å². The Hall–Kier alpha value is -0.330. The summed E-state index contributed by atoms with van der Waals surface area (Å²) in [4.78, 5) is 16.6. The average molecular weight is 349 g/mol. The standard InChI is InChI=1S/C14H18Cl2N2O2S/c15-12-8-9(13(16)21-12)14(20)18-6-4-17(5-7-18)10-2-1-3-11(10)19/h8,10-11,19H,1-7H2/t10-,11+/m0/s1. The molecule has 1 saturated carbocycles. The number of hydrogen-bond acceptors (Lipinski definition) is 4. The van der Waals surface area contributed by atoms with Crippen LogP contribution in [0.15, 0.2) is 6.07 Å². The van der Waals surface area contributed by atoms with Crippen LogP contribution in [0.25, 0.3) is 0 Å². The zero-order chi connectivity index (χ0) is 15.0. The number of carbonyl (C=O) groups excluding carboxylic acids is 1. The van der Waals surface area contributed by atoms with Crippen molar-refractivity contribution >= 4 is 40.4 Å². The van der Waals surface area contributed by atoms with Crippen molar-refractivity contribution in [1.82, 2.24) is 9.80 Å². The molecule has 2 aliphatic rings. The first kappa shape index (κ1) is 15.6. The summed E-state index contributed by atoms with van der Waals surface area (Å²) in [6, 6.07) is 1.91. The van der Waals surface area contributed by atoms with E-state index in [9.17, 15) is 9.90 Å². The molecule has 2 atom stereocenters. The molecular weight excluding hydrogens is 331 g/mol. The number of thiophene rings is 1. The Balaban J connectivity index is 1.60. The molecule has 1 saturated heterocycles. The van der Waals surface area contributed by atoms with E-state index < -0.39 is 0 Å². The van der Waals surface area contributed by atoms with Crippen molar-refractivity contribution in [2.24, 2.45) is 0 Å². The third-order valence-corrected chi connectivity index (χ3v) is 5.89. The van der Waals surface area contributed by atoms with Gasteiger partial charge in [-0.15, -0.1) is 11.3 Å². The molecule has 2 heterocycles. The van der Waals surface area contributed by atoms with Gasteiger partial charge in [-0.2, -0.15) is 0 Å². The van der Waals surface area contributed by atoms with Crippen LogP contribution < -0.4 is 0 Å². The molecule has 1 amide bonds. The Labute approximate surface area is 138 Å². The minimum atomic E-state index is -0.211. The number of aliphatic hydroxyl groups is 1. The van der Waals surface area contributed by atoms with E-state index in [0.717, 1.165) is 32.4 Å². The molecule has 7 heteroatoms. The van der Waals surface area contributed by atoms with Crippen molar-refractivity contribution in [2.45, 2.75) is 31.4 Å². The van der Waals surface area contributed by atoms with Gasteiger partial charge in [0.1, 0.15) is 4.34 Å². The third-order valence-electron chi connectivity index (χ3n) is 4.40. The first-order chi connectivity index (χ1) is 10.1. The van der Waals surface area contributed by atoms with E-state index in [1.165, 1.54) is 11.3 Å². The van der Waals surface area contributed by atoms with Crippen LogP contribution in [-0.4, -0.2) is 59.1 Å². The van der Waals surface area contributed by atoms with E-state index in [1.54, 1.807) is 6.07 Å². The van der Waals surface area contributed by atoms with E-state index in [-0.39, 0.29) is 18.1 Å². The highest BCUT2D eigenvalue weighted by Gasteiger charge is 2.33. The predicted molar refractivity (Wildman–Crippen MR) is 85.5 cm³/mol. The zero-order valence-electron chi connectivity index (χ0n) is 11.6. The molecule has 116 valence electrons. The van der Waals surface area contributed by atoms with Crippen LogP contribution in [0, 0.1) is 0 Å². The summed E-state index contributed by atoms with van der Waals surface area (Å²) in [5.41, 5.74) is 0.501. The Morgan fingerprint density at radius 3 is 2.48 bits per heavy atom. The number of rotatable bonds is 2. The van der Waals surface area contributed by atoms with Crippen molar-refractivity contribution in [3.63, 3.8) is 0 Å². The lowest BCUT2D eigenvalue weighted by Crippen LogP contribution is -2.53. The van der Waals surface area contributed by atoms with Crippen molar-refractivity contribution < 1.29 is 9.90 Å². The molecule has 0 spiro atoms. The molecular formula is C14H18Cl2N2O2S. The number of carbonyl (C=O) groups is 1. The second-order valence-electron chi connectivity index (χ2n) is 5.63. The van der Waals surface area contributed by atoms with Crippen molar-refractivity contribution in [3.8, 4) is 0 Å². The van der Waals surface area contributed by atoms with E-state index >= 15 is 0 Å². The topological polar surface area (TPSA) is 43.8 Å². The van der Waals surface area contributed by atoms with Gasteiger partial charge in [-0.3, -0.25) is 9.69 Å². The van der Waals surface area contributed by atoms with Gasteiger partial charge in [-0.1, -0.05) is 23.2 Å². The molecule has 0 radical (unpaired) electrons. The van der Waals surface area contributed by atoms with Crippen LogP contribution >= 0.6 is 34.5 Å². The molecule has 2 fully saturated rings. The van der Waals surface area contributed by atoms with Gasteiger partial charge in [0.15, 0.2) is 0 Å². The molecule has 0 bridgehead atoms. The van der Waals surface area contributed by atoms with Crippen LogP contribution in [-0.2, 0) is 0 Å². The first-order valence-electron chi connectivity index (χ1n) is 7.22. The first-order valence-corrected chi connectivity index (χ1v) is 8.79. The van der Waals surface area contributed by atoms with Crippen LogP contribution in [0.1, 0.15) is 29.6 Å². The maximum atomic E-state index is 12.4. The highest BCUT2D eigenvalue weighted by atomic mass is 35.5. The molecule has 4 nitrogen and oxygen atoms in total. The summed E-state index contributed by atoms with van der Waals surface area (Å²) >= 11 is 13.2. The number of hydrogen-bond donors (Lipinski definition) is 1. The summed E-state index contributed by atoms with van der Waals surface area (Å²) in [5.74, 6) is -0.0465. The largest absolute Gasteiger partial charge is 0.391 e. The van der Waals surface area contributed by atoms with Crippen LogP contribution in [0.4, 0.5) is 0 Å². The fourth-order valence-electron chi connectivity index (χ4n) is 3.26. The fourth-order valence-corrected chi connectivity index (χ4v) is 4.71. The minimum absolute atomic E-state index is 0.0465. The number of aliphatic hydroxyl groups excluding tert-OH is 1. The monoisotopic (exact) mass is 348 g/mol. The third kappa shape index (κ3) is 3.22. The fraction of sp³-hybridized carbons (Fsp3) is 0.643. The average Bonchev–Trinajstić information content (AvgIpc) is 3.04. The van der Waals surface area contributed by atoms with Gasteiger partial charge in [0.05, 0.1) is 16.0 Å². The minimum Gasteiger partial charge on any atom is -0.391 e. The highest BCUT2D eigenvalue weighted by molar-refractivity contribution is 7.20. The highest BCUT2D eigenvalue weighted by Crippen LogP contribution is 2.32. The van der Waals surface area contributed by atoms with Crippen molar-refractivity contribution in [2.75, 3.05) is 26.2 Å². The molecule has 1 aliphatic carbocycles. The SMILES string of the molecule is O=C(c1cc(Cl)sc1Cl)N1CCN([C@H]2CCC[C@H]2O)CC1. The maximum absolute atomic E-state index is 12.4. The molecule has 0 unspecified atom stereocenters. The van der Waals surface area contributed by atoms with Crippen molar-refractivity contribution in [1.29, 1.82) is 0 Å². The molecule has 1 aliphatic heterocycles. The lowest BCUT2D eigenvalue weighted by Gasteiger charge is -2.39. The summed E-state index contributed by atoms with van der Waals surface area (Å²) in [7, 11) is 0. The second kappa shape index (κ2) is 6.42. The molecule has 0 aromatic carbocycles.